The fourth-order valence-electron chi connectivity index (χ4n) is 4.03. The molecule has 0 fully saturated rings. The van der Waals surface area contributed by atoms with Crippen molar-refractivity contribution in [1.82, 2.24) is 0 Å². The first-order valence-electron chi connectivity index (χ1n) is 9.29. The molecule has 0 aliphatic carbocycles. The Bertz CT molecular complexity index is 780. The lowest BCUT2D eigenvalue weighted by Gasteiger charge is -2.31. The third-order valence-corrected chi connectivity index (χ3v) is 10.2. The van der Waals surface area contributed by atoms with E-state index in [0.29, 0.717) is 0 Å². The summed E-state index contributed by atoms with van der Waals surface area (Å²) in [4.78, 5) is 0. The molecule has 1 N–H and O–H groups in total. The minimum atomic E-state index is -1.84. The second kappa shape index (κ2) is 9.51. The molecule has 0 spiro atoms. The monoisotopic (exact) mass is 398 g/mol. The van der Waals surface area contributed by atoms with Crippen LogP contribution in [0.25, 0.3) is 0 Å². The van der Waals surface area contributed by atoms with Gasteiger partial charge >= 0.3 is 0 Å². The Balaban J connectivity index is 0.00000261. The number of benzene rings is 3. The zero-order valence-electron chi connectivity index (χ0n) is 16.3. The molecule has 0 bridgehead atoms. The molecule has 0 radical (unpaired) electrons. The van der Waals surface area contributed by atoms with Gasteiger partial charge in [-0.2, -0.15) is 0 Å². The van der Waals surface area contributed by atoms with Gasteiger partial charge in [0.2, 0.25) is 0 Å². The van der Waals surface area contributed by atoms with E-state index < -0.39 is 7.26 Å². The Kier molecular flexibility index (Phi) is 7.62. The summed E-state index contributed by atoms with van der Waals surface area (Å²) in [6.07, 6.45) is 1.80. The van der Waals surface area contributed by atoms with E-state index in [0.717, 1.165) is 12.6 Å². The van der Waals surface area contributed by atoms with Crippen LogP contribution in [0.5, 0.6) is 0 Å². The molecule has 0 atom stereocenters. The van der Waals surface area contributed by atoms with E-state index in [1.54, 1.807) is 0 Å². The molecule has 27 heavy (non-hydrogen) atoms. The third kappa shape index (κ3) is 4.11. The van der Waals surface area contributed by atoms with Crippen LogP contribution in [0.1, 0.15) is 23.1 Å². The molecule has 3 rings (SSSR count). The highest BCUT2D eigenvalue weighted by molar-refractivity contribution is 7.96. The van der Waals surface area contributed by atoms with Gasteiger partial charge in [-0.1, -0.05) is 54.6 Å². The van der Waals surface area contributed by atoms with Crippen LogP contribution in [0.3, 0.4) is 0 Å². The maximum Gasteiger partial charge on any atom is 0.113 e. The van der Waals surface area contributed by atoms with E-state index in [2.05, 4.69) is 93.6 Å². The van der Waals surface area contributed by atoms with Crippen molar-refractivity contribution in [3.8, 4) is 0 Å². The van der Waals surface area contributed by atoms with Gasteiger partial charge < -0.3 is 17.5 Å². The van der Waals surface area contributed by atoms with Crippen LogP contribution in [-0.2, 0) is 0 Å². The molecule has 0 heterocycles. The Hall–Kier alpha value is -1.66. The Morgan fingerprint density at radius 2 is 0.963 bits per heavy atom. The normalized spacial score (nSPS) is 11.1. The average Bonchev–Trinajstić information content (AvgIpc) is 2.65. The third-order valence-electron chi connectivity index (χ3n) is 5.23. The van der Waals surface area contributed by atoms with E-state index in [9.17, 15) is 5.11 Å². The van der Waals surface area contributed by atoms with E-state index in [4.69, 9.17) is 0 Å². The standard InChI is InChI=1S/C24H28OP.ClH/c1-19-11-4-7-14-22(19)26(18-10-17-25,23-15-8-5-12-20(23)2)24-16-9-6-13-21(24)3;/h4-9,11-16,25H,10,17-18H2,1-3H3;1H/q+1;/p-1. The van der Waals surface area contributed by atoms with E-state index in [1.807, 2.05) is 0 Å². The number of halogens is 1. The van der Waals surface area contributed by atoms with Gasteiger partial charge in [-0.15, -0.1) is 0 Å². The van der Waals surface area contributed by atoms with Gasteiger partial charge in [0.1, 0.15) is 23.2 Å². The zero-order valence-corrected chi connectivity index (χ0v) is 18.0. The maximum absolute atomic E-state index is 9.70. The van der Waals surface area contributed by atoms with Crippen molar-refractivity contribution in [2.24, 2.45) is 0 Å². The lowest BCUT2D eigenvalue weighted by Crippen LogP contribution is -3.00. The molecule has 3 aromatic carbocycles. The highest BCUT2D eigenvalue weighted by atomic mass is 35.5. The molecule has 0 amide bonds. The van der Waals surface area contributed by atoms with Crippen LogP contribution in [0.15, 0.2) is 72.8 Å². The number of rotatable bonds is 6. The number of aryl methyl sites for hydroxylation is 3. The first-order valence-corrected chi connectivity index (χ1v) is 11.3. The van der Waals surface area contributed by atoms with Crippen LogP contribution in [0.2, 0.25) is 0 Å². The molecule has 3 aromatic rings. The van der Waals surface area contributed by atoms with Crippen molar-refractivity contribution < 1.29 is 17.5 Å². The van der Waals surface area contributed by atoms with Gasteiger partial charge in [-0.3, -0.25) is 0 Å². The van der Waals surface area contributed by atoms with Crippen LogP contribution in [0.4, 0.5) is 0 Å². The minimum absolute atomic E-state index is 0. The fourth-order valence-corrected chi connectivity index (χ4v) is 9.20. The topological polar surface area (TPSA) is 20.2 Å². The van der Waals surface area contributed by atoms with E-state index in [1.165, 1.54) is 32.6 Å². The van der Waals surface area contributed by atoms with Crippen molar-refractivity contribution in [1.29, 1.82) is 0 Å². The molecule has 0 saturated heterocycles. The van der Waals surface area contributed by atoms with Gasteiger partial charge in [0.05, 0.1) is 6.16 Å². The molecule has 0 aliphatic heterocycles. The first kappa shape index (κ1) is 21.6. The predicted octanol–water partition coefficient (Wildman–Crippen LogP) is 1.29. The SMILES string of the molecule is Cc1ccccc1[P+](CCCO)(c1ccccc1C)c1ccccc1C.[Cl-]. The summed E-state index contributed by atoms with van der Waals surface area (Å²) in [5.41, 5.74) is 4.01. The zero-order chi connectivity index (χ0) is 18.6. The summed E-state index contributed by atoms with van der Waals surface area (Å²) in [6, 6.07) is 26.4. The summed E-state index contributed by atoms with van der Waals surface area (Å²) in [6.45, 7) is 6.89. The molecule has 0 unspecified atom stereocenters. The minimum Gasteiger partial charge on any atom is -1.00 e. The van der Waals surface area contributed by atoms with Gasteiger partial charge in [-0.25, -0.2) is 0 Å². The van der Waals surface area contributed by atoms with Crippen molar-refractivity contribution in [2.75, 3.05) is 12.8 Å². The number of hydrogen-bond acceptors (Lipinski definition) is 1. The Labute approximate surface area is 170 Å². The molecule has 0 aromatic heterocycles. The summed E-state index contributed by atoms with van der Waals surface area (Å²) < 4.78 is 0. The van der Waals surface area contributed by atoms with Gasteiger partial charge in [-0.05, 0) is 55.7 Å². The lowest BCUT2D eigenvalue weighted by molar-refractivity contribution is -0.00000641. The van der Waals surface area contributed by atoms with Gasteiger partial charge in [0, 0.05) is 13.0 Å². The Morgan fingerprint density at radius 1 is 0.630 bits per heavy atom. The summed E-state index contributed by atoms with van der Waals surface area (Å²) in [7, 11) is -1.84. The molecule has 3 heteroatoms. The smallest absolute Gasteiger partial charge is 0.113 e. The van der Waals surface area contributed by atoms with Crippen molar-refractivity contribution in [3.05, 3.63) is 89.5 Å². The average molecular weight is 399 g/mol. The van der Waals surface area contributed by atoms with Crippen LogP contribution in [-0.4, -0.2) is 17.9 Å². The number of aliphatic hydroxyl groups is 1. The molecular formula is C24H28ClOP. The number of aliphatic hydroxyl groups excluding tert-OH is 1. The summed E-state index contributed by atoms with van der Waals surface area (Å²) in [5.74, 6) is 0. The van der Waals surface area contributed by atoms with Crippen LogP contribution >= 0.6 is 7.26 Å². The van der Waals surface area contributed by atoms with Crippen molar-refractivity contribution in [3.63, 3.8) is 0 Å². The Morgan fingerprint density at radius 3 is 1.26 bits per heavy atom. The highest BCUT2D eigenvalue weighted by Crippen LogP contribution is 2.57. The van der Waals surface area contributed by atoms with E-state index >= 15 is 0 Å². The van der Waals surface area contributed by atoms with Gasteiger partial charge in [0.15, 0.2) is 0 Å². The highest BCUT2D eigenvalue weighted by Gasteiger charge is 2.47. The molecule has 0 saturated carbocycles. The second-order valence-corrected chi connectivity index (χ2v) is 10.5. The molecule has 0 aliphatic rings. The van der Waals surface area contributed by atoms with Crippen LogP contribution < -0.4 is 28.3 Å². The summed E-state index contributed by atoms with van der Waals surface area (Å²) >= 11 is 0. The largest absolute Gasteiger partial charge is 1.00 e. The van der Waals surface area contributed by atoms with Crippen molar-refractivity contribution >= 4 is 23.2 Å². The van der Waals surface area contributed by atoms with Crippen molar-refractivity contribution in [2.45, 2.75) is 27.2 Å². The first-order chi connectivity index (χ1) is 12.6. The quantitative estimate of drug-likeness (QED) is 0.620. The lowest BCUT2D eigenvalue weighted by atomic mass is 10.2. The number of hydrogen-bond donors (Lipinski definition) is 1. The molecular weight excluding hydrogens is 371 g/mol. The second-order valence-electron chi connectivity index (χ2n) is 6.97. The van der Waals surface area contributed by atoms with Gasteiger partial charge in [0.25, 0.3) is 0 Å². The predicted molar refractivity (Wildman–Crippen MR) is 116 cm³/mol. The fraction of sp³-hybridized carbons (Fsp3) is 0.250. The van der Waals surface area contributed by atoms with Crippen LogP contribution in [0, 0.1) is 20.8 Å². The molecule has 1 nitrogen and oxygen atoms in total. The summed E-state index contributed by atoms with van der Waals surface area (Å²) in [5, 5.41) is 14.0. The molecule has 142 valence electrons. The maximum atomic E-state index is 9.70. The van der Waals surface area contributed by atoms with E-state index in [-0.39, 0.29) is 19.0 Å².